The Morgan fingerprint density at radius 3 is 2.68 bits per heavy atom. The van der Waals surface area contributed by atoms with Crippen molar-refractivity contribution >= 4 is 23.7 Å². The van der Waals surface area contributed by atoms with E-state index in [0.29, 0.717) is 27.6 Å². The highest BCUT2D eigenvalue weighted by Gasteiger charge is 2.09. The maximum atomic E-state index is 11.8. The maximum Gasteiger partial charge on any atom is 0.272 e. The molecule has 0 aliphatic heterocycles. The lowest BCUT2D eigenvalue weighted by Crippen LogP contribution is -2.17. The van der Waals surface area contributed by atoms with Gasteiger partial charge in [0.1, 0.15) is 0 Å². The van der Waals surface area contributed by atoms with Crippen molar-refractivity contribution in [1.82, 2.24) is 10.4 Å². The van der Waals surface area contributed by atoms with Crippen molar-refractivity contribution in [2.24, 2.45) is 5.10 Å². The number of ether oxygens (including phenoxy) is 2. The molecule has 1 heterocycles. The number of amides is 1. The molecule has 6 nitrogen and oxygen atoms in total. The summed E-state index contributed by atoms with van der Waals surface area (Å²) in [6.45, 7) is 0. The number of nitrogens with one attached hydrogen (secondary N) is 1. The largest absolute Gasteiger partial charge is 0.493 e. The molecule has 22 heavy (non-hydrogen) atoms. The average molecular weight is 320 g/mol. The zero-order chi connectivity index (χ0) is 15.9. The molecule has 0 saturated carbocycles. The fraction of sp³-hybridized carbons (Fsp3) is 0.133. The SMILES string of the molecule is COc1cc(Cl)c(/C=N/NC(=O)c2cccnc2)cc1OC. The van der Waals surface area contributed by atoms with Crippen LogP contribution < -0.4 is 14.9 Å². The van der Waals surface area contributed by atoms with Crippen LogP contribution in [0.15, 0.2) is 41.8 Å². The highest BCUT2D eigenvalue weighted by atomic mass is 35.5. The maximum absolute atomic E-state index is 11.8. The van der Waals surface area contributed by atoms with Gasteiger partial charge in [0.05, 0.1) is 31.0 Å². The van der Waals surface area contributed by atoms with Gasteiger partial charge in [-0.25, -0.2) is 5.43 Å². The summed E-state index contributed by atoms with van der Waals surface area (Å²) in [6, 6.07) is 6.59. The summed E-state index contributed by atoms with van der Waals surface area (Å²) in [5.41, 5.74) is 3.40. The van der Waals surface area contributed by atoms with Gasteiger partial charge in [0.15, 0.2) is 11.5 Å². The van der Waals surface area contributed by atoms with Gasteiger partial charge in [0.2, 0.25) is 0 Å². The molecule has 2 rings (SSSR count). The second-order valence-electron chi connectivity index (χ2n) is 4.17. The number of hydrogen-bond acceptors (Lipinski definition) is 5. The van der Waals surface area contributed by atoms with E-state index in [0.717, 1.165) is 0 Å². The van der Waals surface area contributed by atoms with E-state index in [2.05, 4.69) is 15.5 Å². The van der Waals surface area contributed by atoms with Crippen molar-refractivity contribution in [2.45, 2.75) is 0 Å². The highest BCUT2D eigenvalue weighted by Crippen LogP contribution is 2.32. The third kappa shape index (κ3) is 3.73. The third-order valence-corrected chi connectivity index (χ3v) is 3.12. The van der Waals surface area contributed by atoms with Crippen molar-refractivity contribution in [3.05, 3.63) is 52.8 Å². The fourth-order valence-electron chi connectivity index (χ4n) is 1.69. The quantitative estimate of drug-likeness (QED) is 0.679. The van der Waals surface area contributed by atoms with Crippen LogP contribution in [0.4, 0.5) is 0 Å². The van der Waals surface area contributed by atoms with Gasteiger partial charge >= 0.3 is 0 Å². The van der Waals surface area contributed by atoms with Crippen LogP contribution in [0.1, 0.15) is 15.9 Å². The summed E-state index contributed by atoms with van der Waals surface area (Å²) in [6.07, 6.45) is 4.47. The van der Waals surface area contributed by atoms with Crippen LogP contribution in [0.25, 0.3) is 0 Å². The topological polar surface area (TPSA) is 72.8 Å². The number of carbonyl (C=O) groups excluding carboxylic acids is 1. The van der Waals surface area contributed by atoms with E-state index in [1.165, 1.54) is 26.6 Å². The van der Waals surface area contributed by atoms with Gasteiger partial charge in [-0.05, 0) is 18.2 Å². The van der Waals surface area contributed by atoms with E-state index in [-0.39, 0.29) is 5.91 Å². The van der Waals surface area contributed by atoms with Crippen LogP contribution in [0.3, 0.4) is 0 Å². The lowest BCUT2D eigenvalue weighted by Gasteiger charge is -2.09. The Morgan fingerprint density at radius 2 is 2.05 bits per heavy atom. The van der Waals surface area contributed by atoms with Gasteiger partial charge < -0.3 is 9.47 Å². The molecular formula is C15H14ClN3O3. The predicted molar refractivity (Wildman–Crippen MR) is 83.9 cm³/mol. The van der Waals surface area contributed by atoms with Crippen LogP contribution in [0, 0.1) is 0 Å². The zero-order valence-corrected chi connectivity index (χ0v) is 12.8. The smallest absolute Gasteiger partial charge is 0.272 e. The number of rotatable bonds is 5. The van der Waals surface area contributed by atoms with Gasteiger partial charge in [-0.15, -0.1) is 0 Å². The lowest BCUT2D eigenvalue weighted by atomic mass is 10.2. The number of nitrogens with zero attached hydrogens (tertiary/aromatic N) is 2. The van der Waals surface area contributed by atoms with Crippen molar-refractivity contribution in [2.75, 3.05) is 14.2 Å². The van der Waals surface area contributed by atoms with E-state index < -0.39 is 0 Å². The second-order valence-corrected chi connectivity index (χ2v) is 4.58. The Kier molecular flexibility index (Phi) is 5.32. The first-order chi connectivity index (χ1) is 10.7. The van der Waals surface area contributed by atoms with Crippen LogP contribution >= 0.6 is 11.6 Å². The first-order valence-electron chi connectivity index (χ1n) is 6.30. The van der Waals surface area contributed by atoms with Gasteiger partial charge in [-0.1, -0.05) is 11.6 Å². The second kappa shape index (κ2) is 7.42. The fourth-order valence-corrected chi connectivity index (χ4v) is 1.89. The molecule has 1 N–H and O–H groups in total. The number of methoxy groups -OCH3 is 2. The molecule has 0 aliphatic carbocycles. The summed E-state index contributed by atoms with van der Waals surface area (Å²) < 4.78 is 10.3. The molecule has 0 saturated heterocycles. The molecule has 0 bridgehead atoms. The predicted octanol–water partition coefficient (Wildman–Crippen LogP) is 2.52. The highest BCUT2D eigenvalue weighted by molar-refractivity contribution is 6.33. The molecule has 1 aromatic heterocycles. The van der Waals surface area contributed by atoms with E-state index in [1.54, 1.807) is 30.5 Å². The molecule has 0 unspecified atom stereocenters. The molecule has 1 aromatic carbocycles. The Hall–Kier alpha value is -2.60. The number of hydrogen-bond donors (Lipinski definition) is 1. The Labute approximate surface area is 132 Å². The summed E-state index contributed by atoms with van der Waals surface area (Å²) >= 11 is 6.12. The molecule has 0 spiro atoms. The number of carbonyl (C=O) groups is 1. The first-order valence-corrected chi connectivity index (χ1v) is 6.68. The number of benzene rings is 1. The zero-order valence-electron chi connectivity index (χ0n) is 12.0. The van der Waals surface area contributed by atoms with Gasteiger partial charge in [0, 0.05) is 24.0 Å². The molecular weight excluding hydrogens is 306 g/mol. The minimum Gasteiger partial charge on any atom is -0.493 e. The van der Waals surface area contributed by atoms with Gasteiger partial charge in [-0.3, -0.25) is 9.78 Å². The monoisotopic (exact) mass is 319 g/mol. The van der Waals surface area contributed by atoms with Crippen LogP contribution in [-0.2, 0) is 0 Å². The lowest BCUT2D eigenvalue weighted by molar-refractivity contribution is 0.0955. The number of halogens is 1. The first kappa shape index (κ1) is 15.8. The summed E-state index contributed by atoms with van der Waals surface area (Å²) in [5, 5.41) is 4.30. The van der Waals surface area contributed by atoms with Crippen LogP contribution in [-0.4, -0.2) is 31.3 Å². The molecule has 0 atom stereocenters. The van der Waals surface area contributed by atoms with E-state index in [9.17, 15) is 4.79 Å². The molecule has 0 fully saturated rings. The Bertz CT molecular complexity index is 690. The normalized spacial score (nSPS) is 10.5. The Morgan fingerprint density at radius 1 is 1.32 bits per heavy atom. The Balaban J connectivity index is 2.12. The average Bonchev–Trinajstić information content (AvgIpc) is 2.56. The van der Waals surface area contributed by atoms with Crippen LogP contribution in [0.5, 0.6) is 11.5 Å². The van der Waals surface area contributed by atoms with E-state index in [4.69, 9.17) is 21.1 Å². The van der Waals surface area contributed by atoms with E-state index in [1.807, 2.05) is 0 Å². The van der Waals surface area contributed by atoms with Gasteiger partial charge in [-0.2, -0.15) is 5.10 Å². The van der Waals surface area contributed by atoms with Crippen molar-refractivity contribution in [1.29, 1.82) is 0 Å². The molecule has 0 radical (unpaired) electrons. The number of aromatic nitrogens is 1. The molecule has 1 amide bonds. The van der Waals surface area contributed by atoms with Gasteiger partial charge in [0.25, 0.3) is 5.91 Å². The third-order valence-electron chi connectivity index (χ3n) is 2.80. The van der Waals surface area contributed by atoms with Crippen molar-refractivity contribution in [3.8, 4) is 11.5 Å². The molecule has 0 aliphatic rings. The minimum atomic E-state index is -0.360. The van der Waals surface area contributed by atoms with Crippen LogP contribution in [0.2, 0.25) is 5.02 Å². The summed E-state index contributed by atoms with van der Waals surface area (Å²) in [4.78, 5) is 15.7. The molecule has 114 valence electrons. The standard InChI is InChI=1S/C15H14ClN3O3/c1-21-13-6-11(12(16)7-14(13)22-2)9-18-19-15(20)10-4-3-5-17-8-10/h3-9H,1-2H3,(H,19,20)/b18-9+. The number of pyridine rings is 1. The molecule has 7 heteroatoms. The van der Waals surface area contributed by atoms with Crippen molar-refractivity contribution in [3.63, 3.8) is 0 Å². The number of hydrazone groups is 1. The molecule has 2 aromatic rings. The minimum absolute atomic E-state index is 0.360. The summed E-state index contributed by atoms with van der Waals surface area (Å²) in [5.74, 6) is 0.678. The summed E-state index contributed by atoms with van der Waals surface area (Å²) in [7, 11) is 3.05. The van der Waals surface area contributed by atoms with Crippen molar-refractivity contribution < 1.29 is 14.3 Å². The van der Waals surface area contributed by atoms with E-state index >= 15 is 0 Å².